The van der Waals surface area contributed by atoms with Gasteiger partial charge in [0.2, 0.25) is 0 Å². The molecule has 0 atom stereocenters. The molecule has 2 aromatic heterocycles. The largest absolute Gasteiger partial charge is 0.321 e. The van der Waals surface area contributed by atoms with E-state index in [-0.39, 0.29) is 5.91 Å². The fraction of sp³-hybridized carbons (Fsp3) is 0.0833. The van der Waals surface area contributed by atoms with Gasteiger partial charge in [-0.1, -0.05) is 4.49 Å². The molecule has 0 spiro atoms. The number of amides is 1. The predicted molar refractivity (Wildman–Crippen MR) is 74.0 cm³/mol. The number of nitrogens with zero attached hydrogens (tertiary/aromatic N) is 5. The molecule has 8 heteroatoms. The van der Waals surface area contributed by atoms with E-state index in [0.29, 0.717) is 16.3 Å². The Balaban J connectivity index is 1.76. The molecule has 0 fully saturated rings. The van der Waals surface area contributed by atoms with Crippen LogP contribution in [0.1, 0.15) is 15.4 Å². The number of nitrogens with one attached hydrogen (secondary N) is 1. The molecule has 0 aliphatic heterocycles. The van der Waals surface area contributed by atoms with Crippen molar-refractivity contribution >= 4 is 23.1 Å². The van der Waals surface area contributed by atoms with Crippen LogP contribution in [-0.4, -0.2) is 30.3 Å². The molecule has 7 nitrogen and oxygen atoms in total. The first-order valence-electron chi connectivity index (χ1n) is 5.79. The van der Waals surface area contributed by atoms with Crippen LogP contribution in [-0.2, 0) is 0 Å². The molecule has 0 aliphatic carbocycles. The van der Waals surface area contributed by atoms with Crippen LogP contribution in [0.5, 0.6) is 0 Å². The van der Waals surface area contributed by atoms with Gasteiger partial charge in [0, 0.05) is 5.69 Å². The van der Waals surface area contributed by atoms with Gasteiger partial charge in [-0.15, -0.1) is 5.10 Å². The first kappa shape index (κ1) is 12.4. The average Bonchev–Trinajstić information content (AvgIpc) is 3.10. The summed E-state index contributed by atoms with van der Waals surface area (Å²) in [6.07, 6.45) is 3.08. The lowest BCUT2D eigenvalue weighted by Crippen LogP contribution is -2.11. The highest BCUT2D eigenvalue weighted by Gasteiger charge is 2.13. The number of aromatic nitrogens is 5. The van der Waals surface area contributed by atoms with Crippen LogP contribution in [0.25, 0.3) is 5.69 Å². The summed E-state index contributed by atoms with van der Waals surface area (Å²) in [4.78, 5) is 16.4. The van der Waals surface area contributed by atoms with Gasteiger partial charge in [0.15, 0.2) is 0 Å². The van der Waals surface area contributed by atoms with Gasteiger partial charge >= 0.3 is 0 Å². The van der Waals surface area contributed by atoms with E-state index in [9.17, 15) is 4.79 Å². The number of benzene rings is 1. The lowest BCUT2D eigenvalue weighted by Gasteiger charge is -2.05. The third-order valence-electron chi connectivity index (χ3n) is 2.67. The molecule has 0 saturated carbocycles. The summed E-state index contributed by atoms with van der Waals surface area (Å²) in [5.74, 6) is -0.203. The Bertz CT molecular complexity index is 719. The van der Waals surface area contributed by atoms with E-state index in [4.69, 9.17) is 0 Å². The van der Waals surface area contributed by atoms with Crippen LogP contribution >= 0.6 is 11.5 Å². The van der Waals surface area contributed by atoms with Gasteiger partial charge in [0.25, 0.3) is 5.91 Å². The number of aryl methyl sites for hydroxylation is 1. The first-order chi connectivity index (χ1) is 9.74. The molecule has 0 aliphatic rings. The van der Waals surface area contributed by atoms with E-state index in [1.807, 2.05) is 12.1 Å². The minimum Gasteiger partial charge on any atom is -0.321 e. The summed E-state index contributed by atoms with van der Waals surface area (Å²) in [6, 6.07) is 7.31. The van der Waals surface area contributed by atoms with Crippen molar-refractivity contribution in [1.82, 2.24) is 24.4 Å². The minimum atomic E-state index is -0.203. The lowest BCUT2D eigenvalue weighted by atomic mass is 10.2. The zero-order valence-electron chi connectivity index (χ0n) is 10.5. The standard InChI is InChI=1S/C12H10N6OS/c1-8-11(20-17-16-8)12(19)15-9-2-4-10(5-3-9)18-7-13-6-14-18/h2-7H,1H3,(H,15,19). The number of rotatable bonds is 3. The maximum atomic E-state index is 12.0. The Morgan fingerprint density at radius 3 is 2.70 bits per heavy atom. The number of hydrogen-bond donors (Lipinski definition) is 1. The molecule has 1 amide bonds. The second-order valence-corrected chi connectivity index (χ2v) is 4.78. The third kappa shape index (κ3) is 2.41. The molecule has 3 rings (SSSR count). The highest BCUT2D eigenvalue weighted by Crippen LogP contribution is 2.15. The third-order valence-corrected chi connectivity index (χ3v) is 3.49. The van der Waals surface area contributed by atoms with Crippen molar-refractivity contribution in [2.45, 2.75) is 6.92 Å². The number of carbonyl (C=O) groups excluding carboxylic acids is 1. The molecule has 3 aromatic rings. The fourth-order valence-electron chi connectivity index (χ4n) is 1.67. The Morgan fingerprint density at radius 1 is 1.30 bits per heavy atom. The van der Waals surface area contributed by atoms with Crippen molar-refractivity contribution in [1.29, 1.82) is 0 Å². The van der Waals surface area contributed by atoms with Crippen LogP contribution in [0.3, 0.4) is 0 Å². The normalized spacial score (nSPS) is 10.4. The van der Waals surface area contributed by atoms with E-state index in [0.717, 1.165) is 17.2 Å². The Labute approximate surface area is 118 Å². The summed E-state index contributed by atoms with van der Waals surface area (Å²) in [5.41, 5.74) is 2.20. The smallest absolute Gasteiger partial charge is 0.269 e. The first-order valence-corrected chi connectivity index (χ1v) is 6.57. The topological polar surface area (TPSA) is 85.6 Å². The quantitative estimate of drug-likeness (QED) is 0.791. The number of hydrogen-bond acceptors (Lipinski definition) is 6. The molecule has 100 valence electrons. The molecular formula is C12H10N6OS. The van der Waals surface area contributed by atoms with Crippen molar-refractivity contribution in [2.75, 3.05) is 5.32 Å². The highest BCUT2D eigenvalue weighted by atomic mass is 32.1. The van der Waals surface area contributed by atoms with Crippen LogP contribution in [0, 0.1) is 6.92 Å². The summed E-state index contributed by atoms with van der Waals surface area (Å²) < 4.78 is 5.39. The Morgan fingerprint density at radius 2 is 2.10 bits per heavy atom. The van der Waals surface area contributed by atoms with Gasteiger partial charge in [0.1, 0.15) is 17.5 Å². The number of carbonyl (C=O) groups is 1. The summed E-state index contributed by atoms with van der Waals surface area (Å²) in [5, 5.41) is 10.7. The monoisotopic (exact) mass is 286 g/mol. The van der Waals surface area contributed by atoms with Crippen LogP contribution in [0.2, 0.25) is 0 Å². The Kier molecular flexibility index (Phi) is 3.21. The van der Waals surface area contributed by atoms with Crippen molar-refractivity contribution in [2.24, 2.45) is 0 Å². The van der Waals surface area contributed by atoms with E-state index >= 15 is 0 Å². The zero-order chi connectivity index (χ0) is 13.9. The Hall–Kier alpha value is -2.61. The van der Waals surface area contributed by atoms with Crippen LogP contribution in [0.4, 0.5) is 5.69 Å². The van der Waals surface area contributed by atoms with Gasteiger partial charge in [-0.25, -0.2) is 9.67 Å². The zero-order valence-corrected chi connectivity index (χ0v) is 11.3. The second-order valence-electron chi connectivity index (χ2n) is 4.03. The average molecular weight is 286 g/mol. The molecule has 1 aromatic carbocycles. The molecule has 20 heavy (non-hydrogen) atoms. The maximum Gasteiger partial charge on any atom is 0.269 e. The molecule has 0 unspecified atom stereocenters. The van der Waals surface area contributed by atoms with Gasteiger partial charge < -0.3 is 5.32 Å². The highest BCUT2D eigenvalue weighted by molar-refractivity contribution is 7.08. The summed E-state index contributed by atoms with van der Waals surface area (Å²) in [6.45, 7) is 1.76. The molecule has 2 heterocycles. The molecule has 0 radical (unpaired) electrons. The van der Waals surface area contributed by atoms with Gasteiger partial charge in [-0.05, 0) is 42.7 Å². The van der Waals surface area contributed by atoms with Crippen molar-refractivity contribution in [3.63, 3.8) is 0 Å². The molecule has 1 N–H and O–H groups in total. The lowest BCUT2D eigenvalue weighted by molar-refractivity contribution is 0.103. The second kappa shape index (κ2) is 5.17. The van der Waals surface area contributed by atoms with E-state index in [2.05, 4.69) is 25.0 Å². The van der Waals surface area contributed by atoms with Gasteiger partial charge in [0.05, 0.1) is 11.4 Å². The summed E-state index contributed by atoms with van der Waals surface area (Å²) in [7, 11) is 0. The van der Waals surface area contributed by atoms with Crippen LogP contribution in [0.15, 0.2) is 36.9 Å². The van der Waals surface area contributed by atoms with E-state index in [1.165, 1.54) is 6.33 Å². The summed E-state index contributed by atoms with van der Waals surface area (Å²) >= 11 is 1.08. The van der Waals surface area contributed by atoms with E-state index < -0.39 is 0 Å². The van der Waals surface area contributed by atoms with E-state index in [1.54, 1.807) is 30.1 Å². The van der Waals surface area contributed by atoms with Crippen molar-refractivity contribution in [3.8, 4) is 5.69 Å². The maximum absolute atomic E-state index is 12.0. The SMILES string of the molecule is Cc1nnsc1C(=O)Nc1ccc(-n2cncn2)cc1. The molecule has 0 saturated heterocycles. The molecule has 0 bridgehead atoms. The van der Waals surface area contributed by atoms with Gasteiger partial charge in [-0.3, -0.25) is 4.79 Å². The molecular weight excluding hydrogens is 276 g/mol. The fourth-order valence-corrected chi connectivity index (χ4v) is 2.22. The van der Waals surface area contributed by atoms with Crippen LogP contribution < -0.4 is 5.32 Å². The predicted octanol–water partition coefficient (Wildman–Crippen LogP) is 1.68. The van der Waals surface area contributed by atoms with Crippen molar-refractivity contribution < 1.29 is 4.79 Å². The van der Waals surface area contributed by atoms with Crippen molar-refractivity contribution in [3.05, 3.63) is 47.5 Å². The number of anilines is 1. The minimum absolute atomic E-state index is 0.203. The van der Waals surface area contributed by atoms with Gasteiger partial charge in [-0.2, -0.15) is 5.10 Å².